The van der Waals surface area contributed by atoms with Gasteiger partial charge in [0.25, 0.3) is 0 Å². The minimum absolute atomic E-state index is 0.556. The van der Waals surface area contributed by atoms with Crippen LogP contribution in [0, 0.1) is 5.41 Å². The summed E-state index contributed by atoms with van der Waals surface area (Å²) in [6, 6.07) is 0. The quantitative estimate of drug-likeness (QED) is 0.508. The molecule has 1 atom stereocenters. The molecule has 2 fully saturated rings. The molecular formula is C7H13NO. The van der Waals surface area contributed by atoms with Crippen LogP contribution in [0.25, 0.3) is 0 Å². The van der Waals surface area contributed by atoms with Crippen LogP contribution in [0.3, 0.4) is 0 Å². The molecule has 0 bridgehead atoms. The summed E-state index contributed by atoms with van der Waals surface area (Å²) >= 11 is 0. The highest BCUT2D eigenvalue weighted by Crippen LogP contribution is 2.33. The summed E-state index contributed by atoms with van der Waals surface area (Å²) in [4.78, 5) is 0. The second kappa shape index (κ2) is 1.96. The predicted octanol–water partition coefficient (Wildman–Crippen LogP) is 0.386. The standard InChI is InChI=1S/C7H13NO/c1-3-8-5-7(1)2-4-9-6-7/h8H,1-6H2/t7-/m0/s1. The van der Waals surface area contributed by atoms with Crippen molar-refractivity contribution in [2.24, 2.45) is 5.41 Å². The van der Waals surface area contributed by atoms with Crippen molar-refractivity contribution < 1.29 is 4.74 Å². The van der Waals surface area contributed by atoms with Gasteiger partial charge in [-0.2, -0.15) is 0 Å². The number of nitrogens with one attached hydrogen (secondary N) is 1. The van der Waals surface area contributed by atoms with E-state index in [9.17, 15) is 0 Å². The zero-order valence-corrected chi connectivity index (χ0v) is 5.65. The highest BCUT2D eigenvalue weighted by Gasteiger charge is 2.37. The summed E-state index contributed by atoms with van der Waals surface area (Å²) in [5.74, 6) is 0. The lowest BCUT2D eigenvalue weighted by atomic mass is 9.87. The second-order valence-corrected chi connectivity index (χ2v) is 3.23. The van der Waals surface area contributed by atoms with E-state index < -0.39 is 0 Å². The van der Waals surface area contributed by atoms with Gasteiger partial charge >= 0.3 is 0 Å². The minimum atomic E-state index is 0.556. The molecule has 0 unspecified atom stereocenters. The molecule has 2 aliphatic rings. The van der Waals surface area contributed by atoms with Gasteiger partial charge < -0.3 is 10.1 Å². The Morgan fingerprint density at radius 2 is 2.33 bits per heavy atom. The molecule has 1 N–H and O–H groups in total. The normalized spacial score (nSPS) is 42.7. The monoisotopic (exact) mass is 127 g/mol. The maximum absolute atomic E-state index is 5.34. The Kier molecular flexibility index (Phi) is 1.24. The van der Waals surface area contributed by atoms with E-state index in [1.165, 1.54) is 25.9 Å². The molecule has 2 rings (SSSR count). The van der Waals surface area contributed by atoms with Gasteiger partial charge in [0.1, 0.15) is 0 Å². The number of rotatable bonds is 0. The summed E-state index contributed by atoms with van der Waals surface area (Å²) in [6.45, 7) is 4.37. The third-order valence-electron chi connectivity index (χ3n) is 2.52. The lowest BCUT2D eigenvalue weighted by Gasteiger charge is -2.17. The van der Waals surface area contributed by atoms with Gasteiger partial charge in [-0.15, -0.1) is 0 Å². The first kappa shape index (κ1) is 5.69. The summed E-state index contributed by atoms with van der Waals surface area (Å²) in [5, 5.41) is 3.38. The molecular weight excluding hydrogens is 114 g/mol. The Morgan fingerprint density at radius 3 is 2.89 bits per heavy atom. The van der Waals surface area contributed by atoms with Crippen LogP contribution in [0.4, 0.5) is 0 Å². The molecule has 0 aromatic carbocycles. The first-order valence-electron chi connectivity index (χ1n) is 3.70. The smallest absolute Gasteiger partial charge is 0.0535 e. The van der Waals surface area contributed by atoms with E-state index in [0.29, 0.717) is 5.41 Å². The predicted molar refractivity (Wildman–Crippen MR) is 35.4 cm³/mol. The second-order valence-electron chi connectivity index (χ2n) is 3.23. The lowest BCUT2D eigenvalue weighted by Crippen LogP contribution is -2.23. The molecule has 0 saturated carbocycles. The molecule has 0 aliphatic carbocycles. The molecule has 0 aromatic rings. The van der Waals surface area contributed by atoms with Crippen molar-refractivity contribution in [1.82, 2.24) is 5.32 Å². The van der Waals surface area contributed by atoms with Crippen LogP contribution in [-0.4, -0.2) is 26.3 Å². The van der Waals surface area contributed by atoms with Crippen LogP contribution in [0.1, 0.15) is 12.8 Å². The van der Waals surface area contributed by atoms with Crippen LogP contribution in [-0.2, 0) is 4.74 Å². The van der Waals surface area contributed by atoms with Gasteiger partial charge in [0.2, 0.25) is 0 Å². The SMILES string of the molecule is C1C[C@]2(CCOC2)CN1. The van der Waals surface area contributed by atoms with E-state index in [4.69, 9.17) is 4.74 Å². The summed E-state index contributed by atoms with van der Waals surface area (Å²) in [5.41, 5.74) is 0.556. The van der Waals surface area contributed by atoms with Gasteiger partial charge in [-0.05, 0) is 19.4 Å². The first-order chi connectivity index (χ1) is 4.41. The molecule has 2 heterocycles. The molecule has 0 amide bonds. The van der Waals surface area contributed by atoms with E-state index in [1.54, 1.807) is 0 Å². The molecule has 9 heavy (non-hydrogen) atoms. The molecule has 2 nitrogen and oxygen atoms in total. The fourth-order valence-electron chi connectivity index (χ4n) is 1.78. The summed E-state index contributed by atoms with van der Waals surface area (Å²) < 4.78 is 5.34. The average molecular weight is 127 g/mol. The first-order valence-corrected chi connectivity index (χ1v) is 3.70. The van der Waals surface area contributed by atoms with Crippen LogP contribution in [0.15, 0.2) is 0 Å². The van der Waals surface area contributed by atoms with Gasteiger partial charge in [0.05, 0.1) is 6.61 Å². The summed E-state index contributed by atoms with van der Waals surface area (Å²) in [6.07, 6.45) is 2.60. The van der Waals surface area contributed by atoms with E-state index in [1.807, 2.05) is 0 Å². The van der Waals surface area contributed by atoms with Gasteiger partial charge in [0.15, 0.2) is 0 Å². The van der Waals surface area contributed by atoms with Crippen molar-refractivity contribution in [1.29, 1.82) is 0 Å². The zero-order valence-electron chi connectivity index (χ0n) is 5.65. The third kappa shape index (κ3) is 0.864. The van der Waals surface area contributed by atoms with Crippen LogP contribution >= 0.6 is 0 Å². The van der Waals surface area contributed by atoms with Crippen molar-refractivity contribution >= 4 is 0 Å². The molecule has 2 saturated heterocycles. The van der Waals surface area contributed by atoms with Crippen LogP contribution in [0.5, 0.6) is 0 Å². The maximum Gasteiger partial charge on any atom is 0.0535 e. The molecule has 2 heteroatoms. The third-order valence-corrected chi connectivity index (χ3v) is 2.52. The molecule has 2 aliphatic heterocycles. The molecule has 0 aromatic heterocycles. The van der Waals surface area contributed by atoms with E-state index in [-0.39, 0.29) is 0 Å². The number of hydrogen-bond donors (Lipinski definition) is 1. The van der Waals surface area contributed by atoms with Crippen molar-refractivity contribution in [2.45, 2.75) is 12.8 Å². The number of hydrogen-bond acceptors (Lipinski definition) is 2. The Hall–Kier alpha value is -0.0800. The molecule has 52 valence electrons. The Bertz CT molecular complexity index is 84.0. The molecule has 0 radical (unpaired) electrons. The van der Waals surface area contributed by atoms with Crippen molar-refractivity contribution in [3.8, 4) is 0 Å². The zero-order chi connectivity index (χ0) is 6.16. The van der Waals surface area contributed by atoms with Crippen molar-refractivity contribution in [3.05, 3.63) is 0 Å². The lowest BCUT2D eigenvalue weighted by molar-refractivity contribution is 0.160. The van der Waals surface area contributed by atoms with Crippen LogP contribution in [0.2, 0.25) is 0 Å². The van der Waals surface area contributed by atoms with Crippen molar-refractivity contribution in [2.75, 3.05) is 26.3 Å². The van der Waals surface area contributed by atoms with E-state index >= 15 is 0 Å². The summed E-state index contributed by atoms with van der Waals surface area (Å²) in [7, 11) is 0. The van der Waals surface area contributed by atoms with E-state index in [0.717, 1.165) is 13.2 Å². The number of ether oxygens (including phenoxy) is 1. The molecule has 1 spiro atoms. The Labute approximate surface area is 55.6 Å². The van der Waals surface area contributed by atoms with Crippen LogP contribution < -0.4 is 5.32 Å². The van der Waals surface area contributed by atoms with E-state index in [2.05, 4.69) is 5.32 Å². The fraction of sp³-hybridized carbons (Fsp3) is 1.00. The largest absolute Gasteiger partial charge is 0.381 e. The average Bonchev–Trinajstić information content (AvgIpc) is 2.45. The highest BCUT2D eigenvalue weighted by molar-refractivity contribution is 4.90. The Morgan fingerprint density at radius 1 is 1.33 bits per heavy atom. The van der Waals surface area contributed by atoms with Crippen molar-refractivity contribution in [3.63, 3.8) is 0 Å². The van der Waals surface area contributed by atoms with Gasteiger partial charge in [0, 0.05) is 18.6 Å². The Balaban J connectivity index is 2.04. The maximum atomic E-state index is 5.34. The van der Waals surface area contributed by atoms with Gasteiger partial charge in [-0.3, -0.25) is 0 Å². The fourth-order valence-corrected chi connectivity index (χ4v) is 1.78. The van der Waals surface area contributed by atoms with Gasteiger partial charge in [-0.1, -0.05) is 0 Å². The topological polar surface area (TPSA) is 21.3 Å². The van der Waals surface area contributed by atoms with Gasteiger partial charge in [-0.25, -0.2) is 0 Å². The minimum Gasteiger partial charge on any atom is -0.381 e. The highest BCUT2D eigenvalue weighted by atomic mass is 16.5.